The molecule has 28 heavy (non-hydrogen) atoms. The molecule has 3 rings (SSSR count). The zero-order valence-corrected chi connectivity index (χ0v) is 16.8. The van der Waals surface area contributed by atoms with E-state index in [2.05, 4.69) is 27.7 Å². The molecule has 3 N–H and O–H groups in total. The smallest absolute Gasteiger partial charge is 0.375 e. The Kier molecular flexibility index (Phi) is 6.26. The van der Waals surface area contributed by atoms with Crippen LogP contribution < -0.4 is 21.0 Å². The number of hydrazone groups is 1. The number of anilines is 2. The predicted octanol–water partition coefficient (Wildman–Crippen LogP) is 3.31. The Morgan fingerprint density at radius 1 is 1.29 bits per heavy atom. The summed E-state index contributed by atoms with van der Waals surface area (Å²) in [5.41, 5.74) is 8.13. The molecule has 0 atom stereocenters. The zero-order valence-electron chi connectivity index (χ0n) is 14.4. The number of nitrogens with two attached hydrogens (primary N) is 1. The Bertz CT molecular complexity index is 878. The summed E-state index contributed by atoms with van der Waals surface area (Å²) < 4.78 is 39.2. The second-order valence-electron chi connectivity index (χ2n) is 5.91. The van der Waals surface area contributed by atoms with Crippen LogP contribution in [0, 0.1) is 0 Å². The van der Waals surface area contributed by atoms with Crippen LogP contribution in [0.15, 0.2) is 29.4 Å². The molecule has 6 nitrogen and oxygen atoms in total. The van der Waals surface area contributed by atoms with Gasteiger partial charge in [0.15, 0.2) is 10.2 Å². The van der Waals surface area contributed by atoms with Gasteiger partial charge >= 0.3 is 6.18 Å². The van der Waals surface area contributed by atoms with Crippen molar-refractivity contribution in [2.75, 3.05) is 36.0 Å². The van der Waals surface area contributed by atoms with Crippen LogP contribution in [0.2, 0.25) is 4.34 Å². The van der Waals surface area contributed by atoms with E-state index in [-0.39, 0.29) is 5.11 Å². The Hall–Kier alpha value is -2.11. The summed E-state index contributed by atoms with van der Waals surface area (Å²) in [7, 11) is 0. The van der Waals surface area contributed by atoms with Crippen molar-refractivity contribution in [2.24, 2.45) is 10.8 Å². The van der Waals surface area contributed by atoms with Crippen LogP contribution in [0.1, 0.15) is 11.3 Å². The van der Waals surface area contributed by atoms with E-state index in [1.165, 1.54) is 29.7 Å². The van der Waals surface area contributed by atoms with E-state index < -0.39 is 11.7 Å². The van der Waals surface area contributed by atoms with Crippen LogP contribution in [0.25, 0.3) is 0 Å². The number of benzene rings is 1. The van der Waals surface area contributed by atoms with Crippen molar-refractivity contribution in [2.45, 2.75) is 6.18 Å². The number of rotatable bonds is 4. The molecule has 1 saturated heterocycles. The molecule has 0 saturated carbocycles. The highest BCUT2D eigenvalue weighted by Crippen LogP contribution is 2.33. The van der Waals surface area contributed by atoms with Gasteiger partial charge < -0.3 is 15.5 Å². The summed E-state index contributed by atoms with van der Waals surface area (Å²) in [6, 6.07) is 5.37. The second-order valence-corrected chi connectivity index (χ2v) is 7.93. The van der Waals surface area contributed by atoms with Gasteiger partial charge in [0, 0.05) is 31.9 Å². The predicted molar refractivity (Wildman–Crippen MR) is 111 cm³/mol. The molecule has 2 aromatic rings. The third kappa shape index (κ3) is 5.03. The zero-order chi connectivity index (χ0) is 20.3. The first-order valence-corrected chi connectivity index (χ1v) is 9.76. The largest absolute Gasteiger partial charge is 0.416 e. The van der Waals surface area contributed by atoms with Gasteiger partial charge in [-0.2, -0.15) is 18.3 Å². The van der Waals surface area contributed by atoms with Crippen molar-refractivity contribution in [1.29, 1.82) is 0 Å². The molecule has 0 spiro atoms. The van der Waals surface area contributed by atoms with Crippen molar-refractivity contribution >= 4 is 57.3 Å². The summed E-state index contributed by atoms with van der Waals surface area (Å²) in [6.07, 6.45) is -2.92. The SMILES string of the molecule is NC(=S)NN=Cc1nc(N2CCN(c3cccc(C(F)(F)F)c3)CC2)sc1Cl. The Labute approximate surface area is 173 Å². The summed E-state index contributed by atoms with van der Waals surface area (Å²) >= 11 is 12.2. The van der Waals surface area contributed by atoms with Gasteiger partial charge in [-0.1, -0.05) is 29.0 Å². The quantitative estimate of drug-likeness (QED) is 0.425. The lowest BCUT2D eigenvalue weighted by Gasteiger charge is -2.36. The molecule has 0 aliphatic carbocycles. The molecular formula is C16H16ClF3N6S2. The van der Waals surface area contributed by atoms with Gasteiger partial charge in [0.05, 0.1) is 11.8 Å². The monoisotopic (exact) mass is 448 g/mol. The normalized spacial score (nSPS) is 15.3. The molecule has 150 valence electrons. The number of thiazole rings is 1. The maximum Gasteiger partial charge on any atom is 0.416 e. The average Bonchev–Trinajstić information content (AvgIpc) is 3.02. The van der Waals surface area contributed by atoms with Crippen molar-refractivity contribution in [1.82, 2.24) is 10.4 Å². The number of aromatic nitrogens is 1. The Morgan fingerprint density at radius 3 is 2.61 bits per heavy atom. The van der Waals surface area contributed by atoms with E-state index in [4.69, 9.17) is 17.3 Å². The van der Waals surface area contributed by atoms with Crippen molar-refractivity contribution < 1.29 is 13.2 Å². The highest BCUT2D eigenvalue weighted by atomic mass is 35.5. The van der Waals surface area contributed by atoms with E-state index in [1.54, 1.807) is 6.07 Å². The number of nitrogens with one attached hydrogen (secondary N) is 1. The number of thiocarbonyl (C=S) groups is 1. The molecule has 12 heteroatoms. The van der Waals surface area contributed by atoms with Gasteiger partial charge in [-0.25, -0.2) is 4.98 Å². The van der Waals surface area contributed by atoms with E-state index in [0.29, 0.717) is 41.9 Å². The topological polar surface area (TPSA) is 69.8 Å². The fourth-order valence-electron chi connectivity index (χ4n) is 2.71. The maximum atomic E-state index is 12.9. The van der Waals surface area contributed by atoms with Crippen LogP contribution in [0.4, 0.5) is 24.0 Å². The van der Waals surface area contributed by atoms with Gasteiger partial charge in [0.2, 0.25) is 0 Å². The molecule has 1 aromatic carbocycles. The standard InChI is InChI=1S/C16H16ClF3N6S2/c17-13-12(9-22-24-14(21)27)23-15(28-13)26-6-4-25(5-7-26)11-3-1-2-10(8-11)16(18,19)20/h1-3,8-9H,4-7H2,(H3,21,24,27). The van der Waals surface area contributed by atoms with E-state index >= 15 is 0 Å². The van der Waals surface area contributed by atoms with Gasteiger partial charge in [-0.3, -0.25) is 5.43 Å². The Balaban J connectivity index is 1.64. The lowest BCUT2D eigenvalue weighted by Crippen LogP contribution is -2.46. The number of nitrogens with zero attached hydrogens (tertiary/aromatic N) is 4. The van der Waals surface area contributed by atoms with Crippen LogP contribution >= 0.6 is 35.2 Å². The van der Waals surface area contributed by atoms with Crippen molar-refractivity contribution in [3.8, 4) is 0 Å². The third-order valence-electron chi connectivity index (χ3n) is 4.05. The fraction of sp³-hybridized carbons (Fsp3) is 0.312. The van der Waals surface area contributed by atoms with E-state index in [1.807, 2.05) is 9.80 Å². The third-order valence-corrected chi connectivity index (χ3v) is 5.49. The first-order valence-electron chi connectivity index (χ1n) is 8.16. The highest BCUT2D eigenvalue weighted by molar-refractivity contribution is 7.80. The lowest BCUT2D eigenvalue weighted by molar-refractivity contribution is -0.137. The van der Waals surface area contributed by atoms with Gasteiger partial charge in [0.25, 0.3) is 0 Å². The molecule has 0 radical (unpaired) electrons. The van der Waals surface area contributed by atoms with Crippen molar-refractivity contribution in [3.05, 3.63) is 39.9 Å². The van der Waals surface area contributed by atoms with Gasteiger partial charge in [0.1, 0.15) is 10.0 Å². The van der Waals surface area contributed by atoms with Gasteiger partial charge in [-0.05, 0) is 30.4 Å². The molecular weight excluding hydrogens is 433 g/mol. The van der Waals surface area contributed by atoms with E-state index in [9.17, 15) is 13.2 Å². The molecule has 1 aromatic heterocycles. The van der Waals surface area contributed by atoms with Gasteiger partial charge in [-0.15, -0.1) is 0 Å². The summed E-state index contributed by atoms with van der Waals surface area (Å²) in [5, 5.41) is 4.60. The summed E-state index contributed by atoms with van der Waals surface area (Å²) in [4.78, 5) is 8.41. The van der Waals surface area contributed by atoms with Crippen molar-refractivity contribution in [3.63, 3.8) is 0 Å². The fourth-order valence-corrected chi connectivity index (χ4v) is 3.88. The minimum Gasteiger partial charge on any atom is -0.375 e. The highest BCUT2D eigenvalue weighted by Gasteiger charge is 2.31. The van der Waals surface area contributed by atoms with Crippen LogP contribution in [-0.2, 0) is 6.18 Å². The van der Waals surface area contributed by atoms with Crippen LogP contribution in [-0.4, -0.2) is 42.5 Å². The average molecular weight is 449 g/mol. The number of piperazine rings is 1. The molecule has 2 heterocycles. The molecule has 0 unspecified atom stereocenters. The lowest BCUT2D eigenvalue weighted by atomic mass is 10.1. The Morgan fingerprint density at radius 2 is 1.96 bits per heavy atom. The minimum absolute atomic E-state index is 0.0357. The second kappa shape index (κ2) is 8.50. The maximum absolute atomic E-state index is 12.9. The molecule has 1 aliphatic heterocycles. The first-order chi connectivity index (χ1) is 13.2. The molecule has 1 fully saturated rings. The number of hydrogen-bond acceptors (Lipinski definition) is 6. The van der Waals surface area contributed by atoms with Crippen LogP contribution in [0.3, 0.4) is 0 Å². The summed E-state index contributed by atoms with van der Waals surface area (Å²) in [5.74, 6) is 0. The first kappa shape index (κ1) is 20.6. The number of hydrogen-bond donors (Lipinski definition) is 2. The molecule has 0 amide bonds. The summed E-state index contributed by atoms with van der Waals surface area (Å²) in [6.45, 7) is 2.37. The minimum atomic E-state index is -4.35. The number of alkyl halides is 3. The van der Waals surface area contributed by atoms with E-state index in [0.717, 1.165) is 11.2 Å². The number of halogens is 4. The molecule has 0 bridgehead atoms. The van der Waals surface area contributed by atoms with Crippen LogP contribution in [0.5, 0.6) is 0 Å². The molecule has 1 aliphatic rings.